The van der Waals surface area contributed by atoms with Crippen molar-refractivity contribution in [3.05, 3.63) is 93.8 Å². The van der Waals surface area contributed by atoms with Gasteiger partial charge in [-0.3, -0.25) is 9.59 Å². The summed E-state index contributed by atoms with van der Waals surface area (Å²) in [5, 5.41) is 6.53. The molecule has 2 aliphatic heterocycles. The van der Waals surface area contributed by atoms with E-state index in [9.17, 15) is 14.0 Å². The third-order valence-electron chi connectivity index (χ3n) is 6.18. The van der Waals surface area contributed by atoms with Crippen LogP contribution >= 0.6 is 23.4 Å². The number of rotatable bonds is 5. The summed E-state index contributed by atoms with van der Waals surface area (Å²) in [5.74, 6) is 0.239. The lowest BCUT2D eigenvalue weighted by Crippen LogP contribution is -2.41. The lowest BCUT2D eigenvalue weighted by atomic mass is 9.99. The van der Waals surface area contributed by atoms with E-state index in [4.69, 9.17) is 11.6 Å². The van der Waals surface area contributed by atoms with Gasteiger partial charge in [0, 0.05) is 40.7 Å². The predicted molar refractivity (Wildman–Crippen MR) is 135 cm³/mol. The van der Waals surface area contributed by atoms with Gasteiger partial charge in [-0.2, -0.15) is 11.8 Å². The molecule has 2 amide bonds. The van der Waals surface area contributed by atoms with Crippen LogP contribution in [0.1, 0.15) is 27.0 Å². The molecule has 2 N–H and O–H groups in total. The molecule has 0 aromatic heterocycles. The van der Waals surface area contributed by atoms with Crippen molar-refractivity contribution in [3.63, 3.8) is 0 Å². The lowest BCUT2D eigenvalue weighted by Gasteiger charge is -2.30. The molecule has 0 saturated carbocycles. The Hall–Kier alpha value is -3.03. The number of nitrogens with one attached hydrogen (secondary N) is 2. The Morgan fingerprint density at radius 1 is 1.09 bits per heavy atom. The maximum Gasteiger partial charge on any atom is 0.254 e. The van der Waals surface area contributed by atoms with Crippen LogP contribution in [0.15, 0.2) is 60.7 Å². The van der Waals surface area contributed by atoms with Crippen LogP contribution in [0.3, 0.4) is 0 Å². The minimum atomic E-state index is -0.469. The number of halogens is 2. The second-order valence-corrected chi connectivity index (χ2v) is 9.84. The Morgan fingerprint density at radius 3 is 2.74 bits per heavy atom. The Kier molecular flexibility index (Phi) is 6.48. The van der Waals surface area contributed by atoms with E-state index in [1.807, 2.05) is 23.1 Å². The molecule has 3 aromatic carbocycles. The Morgan fingerprint density at radius 2 is 1.91 bits per heavy atom. The molecule has 0 saturated heterocycles. The summed E-state index contributed by atoms with van der Waals surface area (Å²) in [6.45, 7) is 1.25. The van der Waals surface area contributed by atoms with Crippen molar-refractivity contribution in [1.29, 1.82) is 0 Å². The molecule has 2 aliphatic rings. The molecular formula is C26H23ClFN3O2S. The average molecular weight is 496 g/mol. The quantitative estimate of drug-likeness (QED) is 0.501. The first-order valence-electron chi connectivity index (χ1n) is 11.1. The van der Waals surface area contributed by atoms with Crippen LogP contribution in [0.5, 0.6) is 0 Å². The van der Waals surface area contributed by atoms with Crippen LogP contribution in [0.4, 0.5) is 15.8 Å². The van der Waals surface area contributed by atoms with Crippen molar-refractivity contribution < 1.29 is 14.0 Å². The highest BCUT2D eigenvalue weighted by atomic mass is 35.5. The Bertz CT molecular complexity index is 1250. The fourth-order valence-electron chi connectivity index (χ4n) is 4.30. The fraction of sp³-hybridized carbons (Fsp3) is 0.231. The highest BCUT2D eigenvalue weighted by molar-refractivity contribution is 7.98. The topological polar surface area (TPSA) is 61.4 Å². The molecule has 0 unspecified atom stereocenters. The normalized spacial score (nSPS) is 16.8. The van der Waals surface area contributed by atoms with Crippen LogP contribution in [0.25, 0.3) is 0 Å². The first-order valence-corrected chi connectivity index (χ1v) is 12.6. The summed E-state index contributed by atoms with van der Waals surface area (Å²) in [4.78, 5) is 27.6. The third kappa shape index (κ3) is 4.63. The number of thioether (sulfide) groups is 1. The third-order valence-corrected chi connectivity index (χ3v) is 7.60. The second kappa shape index (κ2) is 9.68. The largest absolute Gasteiger partial charge is 0.371 e. The van der Waals surface area contributed by atoms with Gasteiger partial charge in [0.1, 0.15) is 11.9 Å². The number of anilines is 2. The molecule has 5 rings (SSSR count). The summed E-state index contributed by atoms with van der Waals surface area (Å²) in [5.41, 5.74) is 4.79. The molecule has 0 fully saturated rings. The van der Waals surface area contributed by atoms with Crippen molar-refractivity contribution in [2.75, 3.05) is 22.9 Å². The molecule has 5 nitrogen and oxygen atoms in total. The van der Waals surface area contributed by atoms with Crippen molar-refractivity contribution >= 4 is 46.6 Å². The van der Waals surface area contributed by atoms with E-state index in [1.54, 1.807) is 24.3 Å². The number of fused-ring (bicyclic) bond motifs is 2. The molecule has 3 aromatic rings. The maximum atomic E-state index is 14.0. The van der Waals surface area contributed by atoms with Gasteiger partial charge >= 0.3 is 0 Å². The number of nitrogens with zero attached hydrogens (tertiary/aromatic N) is 1. The summed E-state index contributed by atoms with van der Waals surface area (Å²) in [6.07, 6.45) is 0.836. The van der Waals surface area contributed by atoms with E-state index in [1.165, 1.54) is 29.0 Å². The predicted octanol–water partition coefficient (Wildman–Crippen LogP) is 5.34. The van der Waals surface area contributed by atoms with Gasteiger partial charge in [-0.15, -0.1) is 0 Å². The van der Waals surface area contributed by atoms with Gasteiger partial charge in [-0.05, 0) is 47.9 Å². The van der Waals surface area contributed by atoms with Crippen LogP contribution in [0, 0.1) is 5.82 Å². The number of benzene rings is 3. The number of amides is 2. The van der Waals surface area contributed by atoms with Crippen molar-refractivity contribution in [2.45, 2.75) is 24.8 Å². The number of hydrogen-bond donors (Lipinski definition) is 2. The summed E-state index contributed by atoms with van der Waals surface area (Å²) >= 11 is 7.52. The van der Waals surface area contributed by atoms with Crippen LogP contribution < -0.4 is 10.6 Å². The van der Waals surface area contributed by atoms with Crippen LogP contribution in [-0.2, 0) is 23.5 Å². The zero-order valence-electron chi connectivity index (χ0n) is 18.3. The first-order chi connectivity index (χ1) is 16.5. The average Bonchev–Trinajstić information content (AvgIpc) is 2.85. The van der Waals surface area contributed by atoms with E-state index in [-0.39, 0.29) is 17.6 Å². The van der Waals surface area contributed by atoms with Crippen molar-refractivity contribution in [1.82, 2.24) is 4.90 Å². The molecule has 174 valence electrons. The molecule has 0 radical (unpaired) electrons. The first kappa shape index (κ1) is 22.7. The van der Waals surface area contributed by atoms with Gasteiger partial charge in [0.25, 0.3) is 5.91 Å². The minimum Gasteiger partial charge on any atom is -0.371 e. The highest BCUT2D eigenvalue weighted by Gasteiger charge is 2.28. The van der Waals surface area contributed by atoms with Gasteiger partial charge in [-0.1, -0.05) is 41.9 Å². The number of hydrogen-bond acceptors (Lipinski definition) is 4. The molecule has 0 aliphatic carbocycles. The molecular weight excluding hydrogens is 473 g/mol. The highest BCUT2D eigenvalue weighted by Crippen LogP contribution is 2.31. The van der Waals surface area contributed by atoms with E-state index >= 15 is 0 Å². The summed E-state index contributed by atoms with van der Waals surface area (Å²) in [7, 11) is 0. The molecule has 8 heteroatoms. The van der Waals surface area contributed by atoms with E-state index in [0.29, 0.717) is 46.4 Å². The smallest absolute Gasteiger partial charge is 0.254 e. The molecule has 0 spiro atoms. The molecule has 34 heavy (non-hydrogen) atoms. The van der Waals surface area contributed by atoms with Crippen LogP contribution in [-0.4, -0.2) is 35.1 Å². The van der Waals surface area contributed by atoms with Gasteiger partial charge in [-0.25, -0.2) is 4.39 Å². The van der Waals surface area contributed by atoms with E-state index in [0.717, 1.165) is 12.1 Å². The SMILES string of the molecule is O=C1Nc2cc(C(=O)N3CCc4ccccc4C3)ccc2N[C@H]1CSCc1c(F)cccc1Cl. The zero-order chi connectivity index (χ0) is 23.7. The summed E-state index contributed by atoms with van der Waals surface area (Å²) < 4.78 is 14.0. The summed E-state index contributed by atoms with van der Waals surface area (Å²) in [6, 6.07) is 17.7. The minimum absolute atomic E-state index is 0.0500. The van der Waals surface area contributed by atoms with Crippen LogP contribution in [0.2, 0.25) is 5.02 Å². The molecule has 0 bridgehead atoms. The van der Waals surface area contributed by atoms with Gasteiger partial charge in [0.15, 0.2) is 0 Å². The fourth-order valence-corrected chi connectivity index (χ4v) is 5.69. The number of carbonyl (C=O) groups is 2. The zero-order valence-corrected chi connectivity index (χ0v) is 19.9. The maximum absolute atomic E-state index is 14.0. The van der Waals surface area contributed by atoms with Gasteiger partial charge in [0.05, 0.1) is 11.4 Å². The van der Waals surface area contributed by atoms with E-state index in [2.05, 4.69) is 22.8 Å². The molecule has 2 heterocycles. The second-order valence-electron chi connectivity index (χ2n) is 8.41. The monoisotopic (exact) mass is 495 g/mol. The van der Waals surface area contributed by atoms with Gasteiger partial charge in [0.2, 0.25) is 5.91 Å². The van der Waals surface area contributed by atoms with E-state index < -0.39 is 6.04 Å². The van der Waals surface area contributed by atoms with Crippen molar-refractivity contribution in [3.8, 4) is 0 Å². The standard InChI is InChI=1S/C26H23ClFN3O2S/c27-20-6-3-7-21(28)19(20)14-34-15-24-25(32)30-23-12-17(8-9-22(23)29-24)26(33)31-11-10-16-4-1-2-5-18(16)13-31/h1-9,12,24,29H,10-11,13-15H2,(H,30,32)/t24-/m0/s1. The van der Waals surface area contributed by atoms with Gasteiger partial charge < -0.3 is 15.5 Å². The Balaban J connectivity index is 1.23. The lowest BCUT2D eigenvalue weighted by molar-refractivity contribution is -0.116. The molecule has 1 atom stereocenters. The van der Waals surface area contributed by atoms with Crippen molar-refractivity contribution in [2.24, 2.45) is 0 Å². The Labute approximate surface area is 206 Å². The number of carbonyl (C=O) groups excluding carboxylic acids is 2.